The average Bonchev–Trinajstić information content (AvgIpc) is 2.41. The van der Waals surface area contributed by atoms with E-state index in [1.54, 1.807) is 0 Å². The molecule has 0 amide bonds. The number of hydrogen-bond donors (Lipinski definition) is 1. The first kappa shape index (κ1) is 13.2. The molecule has 0 saturated carbocycles. The van der Waals surface area contributed by atoms with Crippen LogP contribution in [0, 0.1) is 6.92 Å². The molecule has 0 fully saturated rings. The third-order valence-corrected chi connectivity index (χ3v) is 4.13. The topological polar surface area (TPSA) is 35.2 Å². The maximum atomic E-state index is 5.99. The standard InChI is InChI=1S/C18H21NO/c1-12-9-14(13(2)19)7-8-18(12)20-11-16-10-15-5-3-4-6-17(15)16/h3-9,13,16H,10-11,19H2,1-2H3/t13-,16?/m1/s1. The van der Waals surface area contributed by atoms with E-state index in [1.807, 2.05) is 13.0 Å². The molecular formula is C18H21NO. The molecule has 20 heavy (non-hydrogen) atoms. The van der Waals surface area contributed by atoms with Crippen LogP contribution in [0.3, 0.4) is 0 Å². The minimum Gasteiger partial charge on any atom is -0.493 e. The molecule has 2 heteroatoms. The molecule has 0 heterocycles. The van der Waals surface area contributed by atoms with E-state index in [9.17, 15) is 0 Å². The number of aryl methyl sites for hydroxylation is 1. The molecule has 2 atom stereocenters. The number of fused-ring (bicyclic) bond motifs is 1. The van der Waals surface area contributed by atoms with Crippen LogP contribution in [0.4, 0.5) is 0 Å². The van der Waals surface area contributed by atoms with Crippen LogP contribution in [0.5, 0.6) is 5.75 Å². The van der Waals surface area contributed by atoms with Gasteiger partial charge in [0.1, 0.15) is 5.75 Å². The third kappa shape index (κ3) is 2.44. The highest BCUT2D eigenvalue weighted by molar-refractivity contribution is 5.41. The van der Waals surface area contributed by atoms with Crippen molar-refractivity contribution in [2.75, 3.05) is 6.61 Å². The van der Waals surface area contributed by atoms with Crippen LogP contribution < -0.4 is 10.5 Å². The molecule has 1 unspecified atom stereocenters. The van der Waals surface area contributed by atoms with Gasteiger partial charge in [-0.3, -0.25) is 0 Å². The van der Waals surface area contributed by atoms with E-state index in [0.717, 1.165) is 29.9 Å². The van der Waals surface area contributed by atoms with Crippen molar-refractivity contribution in [3.05, 3.63) is 64.7 Å². The summed E-state index contributed by atoms with van der Waals surface area (Å²) in [6, 6.07) is 14.9. The van der Waals surface area contributed by atoms with Gasteiger partial charge < -0.3 is 10.5 Å². The van der Waals surface area contributed by atoms with Crippen molar-refractivity contribution >= 4 is 0 Å². The van der Waals surface area contributed by atoms with E-state index in [0.29, 0.717) is 5.92 Å². The first-order valence-corrected chi connectivity index (χ1v) is 7.22. The quantitative estimate of drug-likeness (QED) is 0.916. The highest BCUT2D eigenvalue weighted by Gasteiger charge is 2.25. The summed E-state index contributed by atoms with van der Waals surface area (Å²) in [7, 11) is 0. The molecule has 2 N–H and O–H groups in total. The Bertz CT molecular complexity index is 619. The number of nitrogens with two attached hydrogens (primary N) is 1. The minimum absolute atomic E-state index is 0.0706. The van der Waals surface area contributed by atoms with Crippen molar-refractivity contribution in [1.29, 1.82) is 0 Å². The second-order valence-electron chi connectivity index (χ2n) is 5.72. The van der Waals surface area contributed by atoms with Gasteiger partial charge in [-0.05, 0) is 48.6 Å². The molecule has 104 valence electrons. The summed E-state index contributed by atoms with van der Waals surface area (Å²) < 4.78 is 5.99. The summed E-state index contributed by atoms with van der Waals surface area (Å²) >= 11 is 0. The molecule has 2 aromatic rings. The molecule has 2 aromatic carbocycles. The van der Waals surface area contributed by atoms with Gasteiger partial charge in [0.25, 0.3) is 0 Å². The summed E-state index contributed by atoms with van der Waals surface area (Å²) in [4.78, 5) is 0. The van der Waals surface area contributed by atoms with Crippen molar-refractivity contribution in [3.8, 4) is 5.75 Å². The number of ether oxygens (including phenoxy) is 1. The van der Waals surface area contributed by atoms with E-state index in [2.05, 4.69) is 43.3 Å². The molecule has 0 aromatic heterocycles. The Morgan fingerprint density at radius 3 is 2.75 bits per heavy atom. The average molecular weight is 267 g/mol. The van der Waals surface area contributed by atoms with Gasteiger partial charge in [0.05, 0.1) is 6.61 Å². The molecule has 3 rings (SSSR count). The van der Waals surface area contributed by atoms with Gasteiger partial charge in [0, 0.05) is 12.0 Å². The Morgan fingerprint density at radius 2 is 2.05 bits per heavy atom. The molecule has 0 spiro atoms. The van der Waals surface area contributed by atoms with Crippen LogP contribution >= 0.6 is 0 Å². The summed E-state index contributed by atoms with van der Waals surface area (Å²) in [5.74, 6) is 1.51. The van der Waals surface area contributed by atoms with Crippen LogP contribution in [0.25, 0.3) is 0 Å². The number of hydrogen-bond acceptors (Lipinski definition) is 2. The predicted molar refractivity (Wildman–Crippen MR) is 82.2 cm³/mol. The summed E-state index contributed by atoms with van der Waals surface area (Å²) in [5, 5.41) is 0. The highest BCUT2D eigenvalue weighted by atomic mass is 16.5. The second-order valence-corrected chi connectivity index (χ2v) is 5.72. The van der Waals surface area contributed by atoms with Crippen LogP contribution in [0.1, 0.15) is 41.1 Å². The van der Waals surface area contributed by atoms with Crippen molar-refractivity contribution in [1.82, 2.24) is 0 Å². The summed E-state index contributed by atoms with van der Waals surface area (Å²) in [6.45, 7) is 4.84. The Morgan fingerprint density at radius 1 is 1.25 bits per heavy atom. The zero-order valence-electron chi connectivity index (χ0n) is 12.1. The van der Waals surface area contributed by atoms with Crippen molar-refractivity contribution in [3.63, 3.8) is 0 Å². The molecule has 0 saturated heterocycles. The fourth-order valence-electron chi connectivity index (χ4n) is 2.82. The number of rotatable bonds is 4. The van der Waals surface area contributed by atoms with Crippen molar-refractivity contribution in [2.24, 2.45) is 5.73 Å². The smallest absolute Gasteiger partial charge is 0.122 e. The zero-order chi connectivity index (χ0) is 14.1. The van der Waals surface area contributed by atoms with E-state index >= 15 is 0 Å². The Labute approximate surface area is 120 Å². The lowest BCUT2D eigenvalue weighted by molar-refractivity contribution is 0.273. The Balaban J connectivity index is 1.65. The van der Waals surface area contributed by atoms with E-state index in [1.165, 1.54) is 11.1 Å². The largest absolute Gasteiger partial charge is 0.493 e. The molecule has 0 aliphatic heterocycles. The lowest BCUT2D eigenvalue weighted by atomic mass is 9.78. The Hall–Kier alpha value is -1.80. The van der Waals surface area contributed by atoms with Gasteiger partial charge in [0.2, 0.25) is 0 Å². The molecule has 0 bridgehead atoms. The molecular weight excluding hydrogens is 246 g/mol. The van der Waals surface area contributed by atoms with Crippen molar-refractivity contribution in [2.45, 2.75) is 32.2 Å². The van der Waals surface area contributed by atoms with Gasteiger partial charge in [-0.25, -0.2) is 0 Å². The first-order valence-electron chi connectivity index (χ1n) is 7.22. The van der Waals surface area contributed by atoms with Crippen LogP contribution in [0.2, 0.25) is 0 Å². The van der Waals surface area contributed by atoms with Gasteiger partial charge in [-0.1, -0.05) is 36.4 Å². The maximum Gasteiger partial charge on any atom is 0.122 e. The van der Waals surface area contributed by atoms with Gasteiger partial charge in [-0.15, -0.1) is 0 Å². The SMILES string of the molecule is Cc1cc([C@@H](C)N)ccc1OCC1Cc2ccccc21. The van der Waals surface area contributed by atoms with Crippen LogP contribution in [-0.2, 0) is 6.42 Å². The van der Waals surface area contributed by atoms with Gasteiger partial charge >= 0.3 is 0 Å². The number of benzene rings is 2. The zero-order valence-corrected chi connectivity index (χ0v) is 12.1. The molecule has 1 aliphatic rings. The van der Waals surface area contributed by atoms with E-state index < -0.39 is 0 Å². The van der Waals surface area contributed by atoms with E-state index in [4.69, 9.17) is 10.5 Å². The van der Waals surface area contributed by atoms with E-state index in [-0.39, 0.29) is 6.04 Å². The van der Waals surface area contributed by atoms with Gasteiger partial charge in [-0.2, -0.15) is 0 Å². The lowest BCUT2D eigenvalue weighted by Crippen LogP contribution is -2.23. The highest BCUT2D eigenvalue weighted by Crippen LogP contribution is 2.35. The lowest BCUT2D eigenvalue weighted by Gasteiger charge is -2.30. The minimum atomic E-state index is 0.0706. The fraction of sp³-hybridized carbons (Fsp3) is 0.333. The fourth-order valence-corrected chi connectivity index (χ4v) is 2.82. The second kappa shape index (κ2) is 5.29. The predicted octanol–water partition coefficient (Wildman–Crippen LogP) is 3.73. The van der Waals surface area contributed by atoms with Crippen LogP contribution in [-0.4, -0.2) is 6.61 Å². The first-order chi connectivity index (χ1) is 9.65. The summed E-state index contributed by atoms with van der Waals surface area (Å²) in [5.41, 5.74) is 11.1. The summed E-state index contributed by atoms with van der Waals surface area (Å²) in [6.07, 6.45) is 1.13. The molecule has 1 aliphatic carbocycles. The van der Waals surface area contributed by atoms with Crippen molar-refractivity contribution < 1.29 is 4.74 Å². The third-order valence-electron chi connectivity index (χ3n) is 4.13. The Kier molecular flexibility index (Phi) is 3.49. The molecule has 2 nitrogen and oxygen atoms in total. The maximum absolute atomic E-state index is 5.99. The normalized spacial score (nSPS) is 18.1. The van der Waals surface area contributed by atoms with Gasteiger partial charge in [0.15, 0.2) is 0 Å². The van der Waals surface area contributed by atoms with Crippen LogP contribution in [0.15, 0.2) is 42.5 Å². The monoisotopic (exact) mass is 267 g/mol. The molecule has 0 radical (unpaired) electrons.